The van der Waals surface area contributed by atoms with Crippen LogP contribution in [0.25, 0.3) is 77.5 Å². The van der Waals surface area contributed by atoms with Crippen molar-refractivity contribution in [2.24, 2.45) is 0 Å². The largest absolute Gasteiger partial charge is 0.309 e. The first-order valence-corrected chi connectivity index (χ1v) is 14.9. The van der Waals surface area contributed by atoms with E-state index in [0.717, 1.165) is 33.9 Å². The minimum Gasteiger partial charge on any atom is -0.309 e. The van der Waals surface area contributed by atoms with Gasteiger partial charge >= 0.3 is 0 Å². The summed E-state index contributed by atoms with van der Waals surface area (Å²) in [5, 5.41) is 5.01. The molecule has 0 unspecified atom stereocenters. The molecule has 0 aliphatic carbocycles. The lowest BCUT2D eigenvalue weighted by Gasteiger charge is -2.12. The van der Waals surface area contributed by atoms with Crippen molar-refractivity contribution >= 4 is 60.4 Å². The molecular weight excluding hydrogens is 538 g/mol. The SMILES string of the molecule is c1cc(-n2ccn3c4ccccc4nc23)cc(-n2c3ccccc3c3cc(-n4c5ccccc5c5ccccc54)ccc32)c1. The van der Waals surface area contributed by atoms with Crippen molar-refractivity contribution in [2.45, 2.75) is 0 Å². The van der Waals surface area contributed by atoms with Crippen LogP contribution in [0.5, 0.6) is 0 Å². The van der Waals surface area contributed by atoms with Gasteiger partial charge in [-0.25, -0.2) is 4.98 Å². The molecular formula is C39H25N5. The van der Waals surface area contributed by atoms with Crippen LogP contribution >= 0.6 is 0 Å². The van der Waals surface area contributed by atoms with Gasteiger partial charge < -0.3 is 9.13 Å². The summed E-state index contributed by atoms with van der Waals surface area (Å²) < 4.78 is 9.09. The molecule has 206 valence electrons. The molecule has 0 radical (unpaired) electrons. The Morgan fingerprint density at radius 3 is 1.64 bits per heavy atom. The highest BCUT2D eigenvalue weighted by atomic mass is 15.2. The number of fused-ring (bicyclic) bond motifs is 9. The lowest BCUT2D eigenvalue weighted by Crippen LogP contribution is -1.98. The monoisotopic (exact) mass is 563 g/mol. The number of para-hydroxylation sites is 5. The smallest absolute Gasteiger partial charge is 0.219 e. The minimum atomic E-state index is 0.904. The van der Waals surface area contributed by atoms with Crippen molar-refractivity contribution in [3.63, 3.8) is 0 Å². The molecule has 10 aromatic rings. The molecule has 4 heterocycles. The van der Waals surface area contributed by atoms with Crippen molar-refractivity contribution in [2.75, 3.05) is 0 Å². The van der Waals surface area contributed by atoms with Crippen molar-refractivity contribution in [3.05, 3.63) is 152 Å². The number of benzene rings is 6. The molecule has 0 fully saturated rings. The quantitative estimate of drug-likeness (QED) is 0.211. The highest BCUT2D eigenvalue weighted by Crippen LogP contribution is 2.37. The molecule has 44 heavy (non-hydrogen) atoms. The van der Waals surface area contributed by atoms with E-state index in [1.54, 1.807) is 0 Å². The molecule has 0 N–H and O–H groups in total. The Hall–Kier alpha value is -6.07. The second-order valence-corrected chi connectivity index (χ2v) is 11.4. The van der Waals surface area contributed by atoms with E-state index in [1.807, 2.05) is 6.07 Å². The molecule has 0 bridgehead atoms. The second kappa shape index (κ2) is 8.72. The third-order valence-electron chi connectivity index (χ3n) is 9.02. The Morgan fingerprint density at radius 2 is 0.932 bits per heavy atom. The fourth-order valence-corrected chi connectivity index (χ4v) is 7.11. The van der Waals surface area contributed by atoms with E-state index in [1.165, 1.54) is 43.6 Å². The molecule has 5 heteroatoms. The molecule has 0 saturated carbocycles. The van der Waals surface area contributed by atoms with Gasteiger partial charge in [0.2, 0.25) is 5.78 Å². The highest BCUT2D eigenvalue weighted by Gasteiger charge is 2.17. The number of aromatic nitrogens is 5. The number of hydrogen-bond acceptors (Lipinski definition) is 1. The van der Waals surface area contributed by atoms with Gasteiger partial charge in [0.1, 0.15) is 0 Å². The number of rotatable bonds is 3. The minimum absolute atomic E-state index is 0.904. The average molecular weight is 564 g/mol. The van der Waals surface area contributed by atoms with Crippen LogP contribution < -0.4 is 0 Å². The Morgan fingerprint density at radius 1 is 0.386 bits per heavy atom. The van der Waals surface area contributed by atoms with Crippen LogP contribution in [0.1, 0.15) is 0 Å². The molecule has 0 amide bonds. The van der Waals surface area contributed by atoms with Crippen LogP contribution in [0.15, 0.2) is 152 Å². The predicted octanol–water partition coefficient (Wildman–Crippen LogP) is 9.47. The third kappa shape index (κ3) is 3.15. The molecule has 4 aromatic heterocycles. The topological polar surface area (TPSA) is 32.1 Å². The molecule has 0 aliphatic heterocycles. The van der Waals surface area contributed by atoms with E-state index in [0.29, 0.717) is 0 Å². The first-order chi connectivity index (χ1) is 21.8. The maximum Gasteiger partial charge on any atom is 0.219 e. The van der Waals surface area contributed by atoms with E-state index < -0.39 is 0 Å². The summed E-state index contributed by atoms with van der Waals surface area (Å²) in [7, 11) is 0. The fourth-order valence-electron chi connectivity index (χ4n) is 7.11. The lowest BCUT2D eigenvalue weighted by molar-refractivity contribution is 1.07. The zero-order valence-corrected chi connectivity index (χ0v) is 23.7. The number of nitrogens with zero attached hydrogens (tertiary/aromatic N) is 5. The maximum absolute atomic E-state index is 4.94. The van der Waals surface area contributed by atoms with E-state index in [2.05, 4.69) is 164 Å². The Kier molecular flexibility index (Phi) is 4.66. The van der Waals surface area contributed by atoms with Gasteiger partial charge in [-0.15, -0.1) is 0 Å². The summed E-state index contributed by atoms with van der Waals surface area (Å²) >= 11 is 0. The Balaban J connectivity index is 1.19. The highest BCUT2D eigenvalue weighted by molar-refractivity contribution is 6.12. The van der Waals surface area contributed by atoms with Gasteiger partial charge in [-0.05, 0) is 66.7 Å². The fraction of sp³-hybridized carbons (Fsp3) is 0. The molecule has 6 aromatic carbocycles. The van der Waals surface area contributed by atoms with Crippen LogP contribution in [0.2, 0.25) is 0 Å². The second-order valence-electron chi connectivity index (χ2n) is 11.4. The van der Waals surface area contributed by atoms with Crippen LogP contribution in [-0.2, 0) is 0 Å². The van der Waals surface area contributed by atoms with E-state index in [4.69, 9.17) is 4.98 Å². The van der Waals surface area contributed by atoms with Crippen LogP contribution in [0.3, 0.4) is 0 Å². The van der Waals surface area contributed by atoms with Gasteiger partial charge in [0.15, 0.2) is 0 Å². The summed E-state index contributed by atoms with van der Waals surface area (Å²) in [6, 6.07) is 50.0. The summed E-state index contributed by atoms with van der Waals surface area (Å²) in [5.74, 6) is 0.904. The van der Waals surface area contributed by atoms with Crippen LogP contribution in [-0.4, -0.2) is 23.1 Å². The summed E-state index contributed by atoms with van der Waals surface area (Å²) in [6.45, 7) is 0. The van der Waals surface area contributed by atoms with Gasteiger partial charge in [-0.1, -0.05) is 72.8 Å². The normalized spacial score (nSPS) is 12.1. The van der Waals surface area contributed by atoms with Gasteiger partial charge in [0.25, 0.3) is 0 Å². The Bertz CT molecular complexity index is 2680. The van der Waals surface area contributed by atoms with E-state index >= 15 is 0 Å². The van der Waals surface area contributed by atoms with Crippen molar-refractivity contribution < 1.29 is 0 Å². The molecule has 5 nitrogen and oxygen atoms in total. The maximum atomic E-state index is 4.94. The zero-order chi connectivity index (χ0) is 28.8. The number of hydrogen-bond donors (Lipinski definition) is 0. The van der Waals surface area contributed by atoms with Gasteiger partial charge in [-0.3, -0.25) is 8.97 Å². The predicted molar refractivity (Wildman–Crippen MR) is 181 cm³/mol. The molecule has 10 rings (SSSR count). The third-order valence-corrected chi connectivity index (χ3v) is 9.02. The van der Waals surface area contributed by atoms with Crippen molar-refractivity contribution in [3.8, 4) is 17.1 Å². The summed E-state index contributed by atoms with van der Waals surface area (Å²) in [4.78, 5) is 4.94. The average Bonchev–Trinajstić information content (AvgIpc) is 3.83. The van der Waals surface area contributed by atoms with Gasteiger partial charge in [-0.2, -0.15) is 0 Å². The standard InChI is InChI=1S/C39H25N5/c1-5-16-34-29(12-1)30-13-2-6-17-35(30)44(34)28-20-21-37-32(25-28)31-14-3-7-18-36(31)43(37)27-11-9-10-26(24-27)41-22-23-42-38-19-8-4-15-33(38)40-39(41)42/h1-25H. The van der Waals surface area contributed by atoms with E-state index in [-0.39, 0.29) is 0 Å². The number of imidazole rings is 2. The van der Waals surface area contributed by atoms with Gasteiger partial charge in [0.05, 0.1) is 38.8 Å². The Labute approximate surface area is 252 Å². The molecule has 0 aliphatic rings. The lowest BCUT2D eigenvalue weighted by atomic mass is 10.1. The first-order valence-electron chi connectivity index (χ1n) is 14.9. The van der Waals surface area contributed by atoms with E-state index in [9.17, 15) is 0 Å². The molecule has 0 atom stereocenters. The molecule has 0 spiro atoms. The summed E-state index contributed by atoms with van der Waals surface area (Å²) in [5.41, 5.74) is 10.2. The summed E-state index contributed by atoms with van der Waals surface area (Å²) in [6.07, 6.45) is 4.19. The first kappa shape index (κ1) is 23.5. The van der Waals surface area contributed by atoms with Crippen LogP contribution in [0, 0.1) is 0 Å². The zero-order valence-electron chi connectivity index (χ0n) is 23.7. The van der Waals surface area contributed by atoms with Gasteiger partial charge in [0, 0.05) is 45.3 Å². The van der Waals surface area contributed by atoms with Crippen molar-refractivity contribution in [1.29, 1.82) is 0 Å². The van der Waals surface area contributed by atoms with Crippen molar-refractivity contribution in [1.82, 2.24) is 23.1 Å². The van der Waals surface area contributed by atoms with Crippen LogP contribution in [0.4, 0.5) is 0 Å². The molecule has 0 saturated heterocycles.